The van der Waals surface area contributed by atoms with Crippen molar-refractivity contribution < 1.29 is 13.2 Å². The van der Waals surface area contributed by atoms with E-state index >= 15 is 0 Å². The number of para-hydroxylation sites is 1. The summed E-state index contributed by atoms with van der Waals surface area (Å²) in [6.45, 7) is 1.58. The minimum absolute atomic E-state index is 0.0139. The van der Waals surface area contributed by atoms with Crippen molar-refractivity contribution in [3.63, 3.8) is 0 Å². The molecule has 6 nitrogen and oxygen atoms in total. The highest BCUT2D eigenvalue weighted by Gasteiger charge is 2.14. The van der Waals surface area contributed by atoms with Gasteiger partial charge in [0.05, 0.1) is 4.90 Å². The van der Waals surface area contributed by atoms with Gasteiger partial charge in [-0.05, 0) is 36.8 Å². The molecule has 0 unspecified atom stereocenters. The number of nitrogens with two attached hydrogens (primary N) is 1. The second-order valence-electron chi connectivity index (χ2n) is 4.42. The zero-order valence-electron chi connectivity index (χ0n) is 11.3. The highest BCUT2D eigenvalue weighted by Crippen LogP contribution is 2.22. The smallest absolute Gasteiger partial charge is 0.308 e. The van der Waals surface area contributed by atoms with Crippen LogP contribution in [0.15, 0.2) is 53.4 Å². The number of nitrogens with one attached hydrogen (secondary N) is 2. The molecule has 0 aliphatic carbocycles. The van der Waals surface area contributed by atoms with Crippen molar-refractivity contribution in [2.45, 2.75) is 11.8 Å². The van der Waals surface area contributed by atoms with Crippen molar-refractivity contribution in [1.29, 1.82) is 0 Å². The van der Waals surface area contributed by atoms with E-state index in [9.17, 15) is 13.2 Å². The molecule has 0 radical (unpaired) electrons. The molecule has 4 N–H and O–H groups in total. The van der Waals surface area contributed by atoms with Crippen LogP contribution in [-0.2, 0) is 10.0 Å². The van der Waals surface area contributed by atoms with E-state index < -0.39 is 16.1 Å². The lowest BCUT2D eigenvalue weighted by atomic mass is 10.2. The number of amides is 2. The molecule has 0 spiro atoms. The van der Waals surface area contributed by atoms with Crippen molar-refractivity contribution in [1.82, 2.24) is 0 Å². The maximum Gasteiger partial charge on any atom is 0.323 e. The zero-order valence-corrected chi connectivity index (χ0v) is 12.1. The molecule has 2 rings (SSSR count). The van der Waals surface area contributed by atoms with Gasteiger partial charge in [-0.2, -0.15) is 0 Å². The van der Waals surface area contributed by atoms with Crippen LogP contribution in [-0.4, -0.2) is 14.4 Å². The number of primary sulfonamides is 1. The number of benzene rings is 2. The van der Waals surface area contributed by atoms with Gasteiger partial charge in [0, 0.05) is 11.4 Å². The fourth-order valence-electron chi connectivity index (χ4n) is 1.86. The SMILES string of the molecule is Cc1c(NC(=O)Nc2ccccc2)cccc1S(N)(=O)=O. The molecule has 0 aromatic heterocycles. The van der Waals surface area contributed by atoms with Crippen LogP contribution in [0.4, 0.5) is 16.2 Å². The number of urea groups is 1. The molecule has 21 heavy (non-hydrogen) atoms. The van der Waals surface area contributed by atoms with Gasteiger partial charge in [-0.3, -0.25) is 0 Å². The molecular formula is C14H15N3O3S. The summed E-state index contributed by atoms with van der Waals surface area (Å²) in [4.78, 5) is 11.9. The van der Waals surface area contributed by atoms with E-state index in [4.69, 9.17) is 5.14 Å². The summed E-state index contributed by atoms with van der Waals surface area (Å²) in [6.07, 6.45) is 0. The number of rotatable bonds is 3. The van der Waals surface area contributed by atoms with Crippen molar-refractivity contribution in [2.75, 3.05) is 10.6 Å². The van der Waals surface area contributed by atoms with E-state index in [0.717, 1.165) is 0 Å². The molecule has 0 heterocycles. The predicted octanol–water partition coefficient (Wildman–Crippen LogP) is 2.29. The Labute approximate surface area is 123 Å². The average Bonchev–Trinajstić information content (AvgIpc) is 2.41. The molecule has 110 valence electrons. The Kier molecular flexibility index (Phi) is 4.25. The fourth-order valence-corrected chi connectivity index (χ4v) is 2.67. The summed E-state index contributed by atoms with van der Waals surface area (Å²) >= 11 is 0. The molecule has 0 bridgehead atoms. The van der Waals surface area contributed by atoms with Gasteiger partial charge >= 0.3 is 6.03 Å². The Morgan fingerprint density at radius 1 is 1.00 bits per heavy atom. The van der Waals surface area contributed by atoms with Crippen molar-refractivity contribution >= 4 is 27.4 Å². The molecule has 0 atom stereocenters. The molecule has 2 aromatic rings. The third kappa shape index (κ3) is 3.80. The van der Waals surface area contributed by atoms with Gasteiger partial charge in [-0.25, -0.2) is 18.4 Å². The predicted molar refractivity (Wildman–Crippen MR) is 81.6 cm³/mol. The first kappa shape index (κ1) is 15.0. The standard InChI is InChI=1S/C14H15N3O3S/c1-10-12(8-5-9-13(10)21(15,19)20)17-14(18)16-11-6-3-2-4-7-11/h2-9H,1H3,(H2,15,19,20)(H2,16,17,18). The third-order valence-corrected chi connectivity index (χ3v) is 3.93. The fraction of sp³-hybridized carbons (Fsp3) is 0.0714. The van der Waals surface area contributed by atoms with E-state index in [1.165, 1.54) is 12.1 Å². The number of anilines is 2. The summed E-state index contributed by atoms with van der Waals surface area (Å²) in [7, 11) is -3.82. The van der Waals surface area contributed by atoms with E-state index in [1.807, 2.05) is 6.07 Å². The molecule has 0 fully saturated rings. The second-order valence-corrected chi connectivity index (χ2v) is 5.95. The number of hydrogen-bond donors (Lipinski definition) is 3. The highest BCUT2D eigenvalue weighted by atomic mass is 32.2. The Morgan fingerprint density at radius 3 is 2.29 bits per heavy atom. The summed E-state index contributed by atoms with van der Waals surface area (Å²) in [6, 6.07) is 13.0. The van der Waals surface area contributed by atoms with Gasteiger partial charge in [-0.1, -0.05) is 24.3 Å². The lowest BCUT2D eigenvalue weighted by Gasteiger charge is -2.12. The molecule has 0 aliphatic rings. The van der Waals surface area contributed by atoms with Gasteiger partial charge in [0.1, 0.15) is 0 Å². The summed E-state index contributed by atoms with van der Waals surface area (Å²) in [5, 5.41) is 10.4. The molecule has 2 amide bonds. The monoisotopic (exact) mass is 305 g/mol. The summed E-state index contributed by atoms with van der Waals surface area (Å²) in [5.74, 6) is 0. The minimum Gasteiger partial charge on any atom is -0.308 e. The Hall–Kier alpha value is -2.38. The average molecular weight is 305 g/mol. The summed E-state index contributed by atoms with van der Waals surface area (Å²) in [5.41, 5.74) is 1.41. The van der Waals surface area contributed by atoms with Crippen LogP contribution in [0.5, 0.6) is 0 Å². The molecule has 0 saturated carbocycles. The van der Waals surface area contributed by atoms with Gasteiger partial charge in [0.2, 0.25) is 10.0 Å². The van der Waals surface area contributed by atoms with Crippen LogP contribution < -0.4 is 15.8 Å². The first-order valence-corrected chi connectivity index (χ1v) is 7.68. The van der Waals surface area contributed by atoms with Gasteiger partial charge < -0.3 is 10.6 Å². The molecule has 2 aromatic carbocycles. The van der Waals surface area contributed by atoms with E-state index in [1.54, 1.807) is 37.3 Å². The van der Waals surface area contributed by atoms with E-state index in [-0.39, 0.29) is 4.90 Å². The molecular weight excluding hydrogens is 290 g/mol. The molecule has 7 heteroatoms. The Morgan fingerprint density at radius 2 is 1.67 bits per heavy atom. The van der Waals surface area contributed by atoms with Crippen LogP contribution in [0.2, 0.25) is 0 Å². The second kappa shape index (κ2) is 5.94. The Balaban J connectivity index is 2.19. The highest BCUT2D eigenvalue weighted by molar-refractivity contribution is 7.89. The normalized spacial score (nSPS) is 11.0. The maximum atomic E-state index is 11.9. The van der Waals surface area contributed by atoms with Gasteiger partial charge in [-0.15, -0.1) is 0 Å². The van der Waals surface area contributed by atoms with Crippen LogP contribution >= 0.6 is 0 Å². The minimum atomic E-state index is -3.82. The number of hydrogen-bond acceptors (Lipinski definition) is 3. The first-order chi connectivity index (χ1) is 9.88. The molecule has 0 saturated heterocycles. The maximum absolute atomic E-state index is 11.9. The van der Waals surface area contributed by atoms with Crippen LogP contribution in [0.3, 0.4) is 0 Å². The quantitative estimate of drug-likeness (QED) is 0.810. The van der Waals surface area contributed by atoms with Crippen LogP contribution in [0, 0.1) is 6.92 Å². The number of carbonyl (C=O) groups excluding carboxylic acids is 1. The number of carbonyl (C=O) groups is 1. The van der Waals surface area contributed by atoms with Gasteiger partial charge in [0.25, 0.3) is 0 Å². The Bertz CT molecular complexity index is 758. The van der Waals surface area contributed by atoms with Crippen LogP contribution in [0.25, 0.3) is 0 Å². The first-order valence-electron chi connectivity index (χ1n) is 6.13. The lowest BCUT2D eigenvalue weighted by molar-refractivity contribution is 0.262. The zero-order chi connectivity index (χ0) is 15.5. The van der Waals surface area contributed by atoms with Crippen molar-refractivity contribution in [2.24, 2.45) is 5.14 Å². The molecule has 0 aliphatic heterocycles. The van der Waals surface area contributed by atoms with Crippen molar-refractivity contribution in [3.8, 4) is 0 Å². The topological polar surface area (TPSA) is 101 Å². The third-order valence-electron chi connectivity index (χ3n) is 2.87. The van der Waals surface area contributed by atoms with Crippen molar-refractivity contribution in [3.05, 3.63) is 54.1 Å². The summed E-state index contributed by atoms with van der Waals surface area (Å²) < 4.78 is 22.9. The van der Waals surface area contributed by atoms with Gasteiger partial charge in [0.15, 0.2) is 0 Å². The van der Waals surface area contributed by atoms with E-state index in [0.29, 0.717) is 16.9 Å². The van der Waals surface area contributed by atoms with E-state index in [2.05, 4.69) is 10.6 Å². The largest absolute Gasteiger partial charge is 0.323 e. The van der Waals surface area contributed by atoms with Crippen LogP contribution in [0.1, 0.15) is 5.56 Å². The lowest BCUT2D eigenvalue weighted by Crippen LogP contribution is -2.21. The number of sulfonamides is 1.